The second-order valence-electron chi connectivity index (χ2n) is 8.00. The predicted molar refractivity (Wildman–Crippen MR) is 122 cm³/mol. The van der Waals surface area contributed by atoms with Crippen LogP contribution in [-0.2, 0) is 14.3 Å². The highest BCUT2D eigenvalue weighted by Gasteiger charge is 2.57. The number of hydrogen-bond donors (Lipinski definition) is 1. The van der Waals surface area contributed by atoms with Crippen LogP contribution < -0.4 is 10.3 Å². The van der Waals surface area contributed by atoms with E-state index in [-0.39, 0.29) is 27.9 Å². The van der Waals surface area contributed by atoms with Crippen molar-refractivity contribution in [2.75, 3.05) is 18.7 Å². The third-order valence-electron chi connectivity index (χ3n) is 5.79. The molecule has 0 bridgehead atoms. The smallest absolute Gasteiger partial charge is 0.325 e. The summed E-state index contributed by atoms with van der Waals surface area (Å²) in [7, 11) is 1.12. The van der Waals surface area contributed by atoms with Crippen molar-refractivity contribution in [3.63, 3.8) is 0 Å². The number of benzene rings is 2. The van der Waals surface area contributed by atoms with Gasteiger partial charge in [0.2, 0.25) is 5.91 Å². The molecule has 2 atom stereocenters. The predicted octanol–water partition coefficient (Wildman–Crippen LogP) is 4.55. The van der Waals surface area contributed by atoms with Crippen molar-refractivity contribution in [1.29, 1.82) is 0 Å². The van der Waals surface area contributed by atoms with Gasteiger partial charge in [-0.15, -0.1) is 0 Å². The first-order chi connectivity index (χ1) is 17.1. The Labute approximate surface area is 207 Å². The topological polar surface area (TPSA) is 84.1 Å². The molecule has 1 N–H and O–H groups in total. The monoisotopic (exact) mass is 523 g/mol. The highest BCUT2D eigenvalue weighted by Crippen LogP contribution is 2.46. The number of hydrazone groups is 1. The van der Waals surface area contributed by atoms with E-state index in [1.807, 2.05) is 0 Å². The Morgan fingerprint density at radius 2 is 1.75 bits per heavy atom. The molecule has 0 aliphatic carbocycles. The summed E-state index contributed by atoms with van der Waals surface area (Å²) in [5, 5.41) is 7.61. The summed E-state index contributed by atoms with van der Waals surface area (Å²) in [4.78, 5) is 25.3. The minimum absolute atomic E-state index is 0.0446. The zero-order valence-electron chi connectivity index (χ0n) is 18.8. The molecule has 2 heterocycles. The summed E-state index contributed by atoms with van der Waals surface area (Å²) in [6.07, 6.45) is 0. The Kier molecular flexibility index (Phi) is 6.77. The molecule has 0 spiro atoms. The van der Waals surface area contributed by atoms with Gasteiger partial charge in [0.25, 0.3) is 0 Å². The molecule has 1 amide bonds. The molecule has 4 rings (SSSR count). The van der Waals surface area contributed by atoms with Gasteiger partial charge < -0.3 is 14.5 Å². The van der Waals surface area contributed by atoms with Crippen LogP contribution in [-0.4, -0.2) is 36.8 Å². The minimum atomic E-state index is -1.91. The molecule has 2 unspecified atom stereocenters. The molecule has 0 fully saturated rings. The maximum atomic E-state index is 14.9. The average Bonchev–Trinajstić information content (AvgIpc) is 3.38. The maximum absolute atomic E-state index is 14.9. The summed E-state index contributed by atoms with van der Waals surface area (Å²) in [6.45, 7) is 0.804. The number of rotatable bonds is 6. The Morgan fingerprint density at radius 3 is 2.33 bits per heavy atom. The Balaban J connectivity index is 1.95. The number of nitrogens with zero attached hydrogens (tertiary/aromatic N) is 2. The number of nitrogens with one attached hydrogen (secondary N) is 1. The Hall–Kier alpha value is -3.86. The summed E-state index contributed by atoms with van der Waals surface area (Å²) in [5.41, 5.74) is -2.57. The lowest BCUT2D eigenvalue weighted by molar-refractivity contribution is -0.141. The largest absolute Gasteiger partial charge is 0.468 e. The summed E-state index contributed by atoms with van der Waals surface area (Å²) in [6, 6.07) is 8.11. The van der Waals surface area contributed by atoms with Gasteiger partial charge in [0.1, 0.15) is 29.8 Å². The van der Waals surface area contributed by atoms with E-state index in [1.54, 1.807) is 0 Å². The van der Waals surface area contributed by atoms with Crippen molar-refractivity contribution >= 4 is 34.9 Å². The van der Waals surface area contributed by atoms with Gasteiger partial charge in [0.15, 0.2) is 16.6 Å². The second kappa shape index (κ2) is 9.65. The van der Waals surface area contributed by atoms with E-state index in [4.69, 9.17) is 16.0 Å². The van der Waals surface area contributed by atoms with Crippen molar-refractivity contribution in [2.24, 2.45) is 5.10 Å². The van der Waals surface area contributed by atoms with Gasteiger partial charge in [0.05, 0.1) is 24.4 Å². The molecule has 3 aromatic rings. The lowest BCUT2D eigenvalue weighted by atomic mass is 9.78. The summed E-state index contributed by atoms with van der Waals surface area (Å²) >= 11 is 5.97. The van der Waals surface area contributed by atoms with Crippen LogP contribution in [0.15, 0.2) is 58.0 Å². The molecule has 188 valence electrons. The standard InChI is InChI=1S/C24H18ClF4N3O4/c1-24(23(34)30-11-20(33)35-2)21(18-7-8-19(25)36-18)22(14-5-3-12(26)9-15(14)28)31-32(24)17-6-4-13(27)10-16(17)29/h3-10,21H,11H2,1-2H3,(H,30,34). The number of esters is 1. The fourth-order valence-corrected chi connectivity index (χ4v) is 4.20. The van der Waals surface area contributed by atoms with Crippen molar-refractivity contribution in [3.05, 3.63) is 88.3 Å². The zero-order chi connectivity index (χ0) is 26.2. The Bertz CT molecular complexity index is 1380. The van der Waals surface area contributed by atoms with E-state index >= 15 is 0 Å². The molecule has 2 aromatic carbocycles. The van der Waals surface area contributed by atoms with Crippen LogP contribution in [0.5, 0.6) is 0 Å². The van der Waals surface area contributed by atoms with Gasteiger partial charge in [0, 0.05) is 17.7 Å². The number of carbonyl (C=O) groups excluding carboxylic acids is 2. The second-order valence-corrected chi connectivity index (χ2v) is 8.37. The number of hydrogen-bond acceptors (Lipinski definition) is 6. The average molecular weight is 524 g/mol. The van der Waals surface area contributed by atoms with Crippen LogP contribution in [0.4, 0.5) is 23.2 Å². The highest BCUT2D eigenvalue weighted by atomic mass is 35.5. The van der Waals surface area contributed by atoms with E-state index in [9.17, 15) is 27.2 Å². The van der Waals surface area contributed by atoms with Crippen LogP contribution in [0.2, 0.25) is 5.22 Å². The Morgan fingerprint density at radius 1 is 1.08 bits per heavy atom. The van der Waals surface area contributed by atoms with Gasteiger partial charge in [-0.05, 0) is 54.9 Å². The lowest BCUT2D eigenvalue weighted by Crippen LogP contribution is -2.57. The van der Waals surface area contributed by atoms with E-state index in [1.165, 1.54) is 19.1 Å². The number of halogens is 5. The fraction of sp³-hybridized carbons (Fsp3) is 0.208. The number of ether oxygens (including phenoxy) is 1. The van der Waals surface area contributed by atoms with Crippen molar-refractivity contribution < 1.29 is 36.3 Å². The molecule has 7 nitrogen and oxygen atoms in total. The normalized spacial score (nSPS) is 19.2. The zero-order valence-corrected chi connectivity index (χ0v) is 19.6. The number of anilines is 1. The first-order valence-corrected chi connectivity index (χ1v) is 10.8. The van der Waals surface area contributed by atoms with Crippen LogP contribution >= 0.6 is 11.6 Å². The third kappa shape index (κ3) is 4.41. The SMILES string of the molecule is COC(=O)CNC(=O)C1(C)C(c2ccc(Cl)o2)C(c2ccc(F)cc2F)=NN1c1ccc(F)cc1F. The quantitative estimate of drug-likeness (QED) is 0.379. The molecule has 36 heavy (non-hydrogen) atoms. The number of amides is 1. The van der Waals surface area contributed by atoms with Gasteiger partial charge in [-0.3, -0.25) is 9.59 Å². The highest BCUT2D eigenvalue weighted by molar-refractivity contribution is 6.28. The van der Waals surface area contributed by atoms with Gasteiger partial charge in [-0.2, -0.15) is 5.10 Å². The van der Waals surface area contributed by atoms with Gasteiger partial charge in [-0.1, -0.05) is 0 Å². The van der Waals surface area contributed by atoms with Crippen LogP contribution in [0, 0.1) is 23.3 Å². The van der Waals surface area contributed by atoms with E-state index in [2.05, 4.69) is 15.2 Å². The van der Waals surface area contributed by atoms with Crippen LogP contribution in [0.1, 0.15) is 24.2 Å². The third-order valence-corrected chi connectivity index (χ3v) is 5.99. The lowest BCUT2D eigenvalue weighted by Gasteiger charge is -2.36. The minimum Gasteiger partial charge on any atom is -0.468 e. The summed E-state index contributed by atoms with van der Waals surface area (Å²) < 4.78 is 67.3. The van der Waals surface area contributed by atoms with Crippen molar-refractivity contribution in [3.8, 4) is 0 Å². The molecular formula is C24H18ClF4N3O4. The fourth-order valence-electron chi connectivity index (χ4n) is 4.05. The van der Waals surface area contributed by atoms with E-state index in [0.717, 1.165) is 36.4 Å². The molecule has 0 saturated carbocycles. The van der Waals surface area contributed by atoms with Gasteiger partial charge >= 0.3 is 5.97 Å². The molecule has 1 aliphatic rings. The molecule has 12 heteroatoms. The first kappa shape index (κ1) is 25.2. The first-order valence-electron chi connectivity index (χ1n) is 10.5. The molecular weight excluding hydrogens is 506 g/mol. The van der Waals surface area contributed by atoms with Gasteiger partial charge in [-0.25, -0.2) is 22.6 Å². The number of methoxy groups -OCH3 is 1. The van der Waals surface area contributed by atoms with E-state index in [0.29, 0.717) is 12.1 Å². The molecule has 0 saturated heterocycles. The molecule has 0 radical (unpaired) electrons. The van der Waals surface area contributed by atoms with Crippen molar-refractivity contribution in [1.82, 2.24) is 5.32 Å². The summed E-state index contributed by atoms with van der Waals surface area (Å²) in [5.74, 6) is -6.63. The van der Waals surface area contributed by atoms with Crippen LogP contribution in [0.25, 0.3) is 0 Å². The van der Waals surface area contributed by atoms with E-state index < -0.39 is 53.1 Å². The molecule has 1 aromatic heterocycles. The number of carbonyl (C=O) groups is 2. The van der Waals surface area contributed by atoms with Crippen molar-refractivity contribution in [2.45, 2.75) is 18.4 Å². The molecule has 1 aliphatic heterocycles. The van der Waals surface area contributed by atoms with Crippen LogP contribution in [0.3, 0.4) is 0 Å². The number of furan rings is 1. The maximum Gasteiger partial charge on any atom is 0.325 e.